The van der Waals surface area contributed by atoms with E-state index in [4.69, 9.17) is 0 Å². The zero-order valence-corrected chi connectivity index (χ0v) is 7.96. The molecule has 0 amide bonds. The number of allylic oxidation sites excluding steroid dienone is 4. The highest BCUT2D eigenvalue weighted by atomic mass is 19.3. The van der Waals surface area contributed by atoms with E-state index in [1.54, 1.807) is 0 Å². The Morgan fingerprint density at radius 1 is 1.00 bits per heavy atom. The molecule has 0 aliphatic heterocycles. The molecule has 0 nitrogen and oxygen atoms in total. The Bertz CT molecular complexity index is 238. The predicted molar refractivity (Wildman–Crippen MR) is 42.1 cm³/mol. The van der Waals surface area contributed by atoms with Crippen LogP contribution in [0.3, 0.4) is 0 Å². The second kappa shape index (κ2) is 9.17. The highest BCUT2D eigenvalue weighted by Crippen LogP contribution is 2.14. The zero-order valence-electron chi connectivity index (χ0n) is 7.96. The Balaban J connectivity index is 0. The van der Waals surface area contributed by atoms with E-state index >= 15 is 0 Å². The monoisotopic (exact) mass is 256 g/mol. The average molecular weight is 256 g/mol. The minimum Gasteiger partial charge on any atom is -0.246 e. The molecule has 0 saturated heterocycles. The van der Waals surface area contributed by atoms with Crippen molar-refractivity contribution in [3.63, 3.8) is 0 Å². The molecule has 0 aromatic carbocycles. The van der Waals surface area contributed by atoms with Gasteiger partial charge in [-0.05, 0) is 13.0 Å². The molecule has 0 aliphatic carbocycles. The number of halogens is 8. The molecular weight excluding hydrogens is 248 g/mol. The van der Waals surface area contributed by atoms with Crippen LogP contribution in [0, 0.1) is 0 Å². The zero-order chi connectivity index (χ0) is 13.3. The first-order valence-corrected chi connectivity index (χ1v) is 3.73. The molecule has 0 N–H and O–H groups in total. The van der Waals surface area contributed by atoms with E-state index in [-0.39, 0.29) is 6.08 Å². The summed E-state index contributed by atoms with van der Waals surface area (Å²) in [6.45, 7) is -0.544. The number of alkyl halides is 5. The van der Waals surface area contributed by atoms with Gasteiger partial charge in [-0.25, -0.2) is 35.1 Å². The molecule has 0 heterocycles. The third kappa shape index (κ3) is 9.47. The fourth-order valence-electron chi connectivity index (χ4n) is 0.313. The summed E-state index contributed by atoms with van der Waals surface area (Å²) in [5.41, 5.74) is 0. The van der Waals surface area contributed by atoms with E-state index < -0.39 is 37.0 Å². The highest BCUT2D eigenvalue weighted by Gasteiger charge is 2.12. The Morgan fingerprint density at radius 3 is 1.50 bits per heavy atom. The number of hydrogen-bond acceptors (Lipinski definition) is 0. The summed E-state index contributed by atoms with van der Waals surface area (Å²) in [5.74, 6) is -5.14. The van der Waals surface area contributed by atoms with Crippen LogP contribution >= 0.6 is 0 Å². The SMILES string of the molecule is CC(F)=C(F)C(F)F.FCC=C(F)C(F)F. The lowest BCUT2D eigenvalue weighted by atomic mass is 10.5. The summed E-state index contributed by atoms with van der Waals surface area (Å²) < 4.78 is 89.1. The number of rotatable bonds is 3. The van der Waals surface area contributed by atoms with Crippen LogP contribution in [0.1, 0.15) is 6.92 Å². The van der Waals surface area contributed by atoms with Crippen LogP contribution in [-0.4, -0.2) is 19.5 Å². The molecule has 0 spiro atoms. The maximum Gasteiger partial charge on any atom is 0.292 e. The quantitative estimate of drug-likeness (QED) is 0.652. The van der Waals surface area contributed by atoms with Crippen molar-refractivity contribution in [2.24, 2.45) is 0 Å². The van der Waals surface area contributed by atoms with Gasteiger partial charge in [-0.2, -0.15) is 0 Å². The molecular formula is C8H8F8. The van der Waals surface area contributed by atoms with Crippen LogP contribution in [0.4, 0.5) is 35.1 Å². The Kier molecular flexibility index (Phi) is 9.92. The van der Waals surface area contributed by atoms with E-state index in [1.807, 2.05) is 0 Å². The van der Waals surface area contributed by atoms with Gasteiger partial charge < -0.3 is 0 Å². The van der Waals surface area contributed by atoms with E-state index in [0.717, 1.165) is 0 Å². The third-order valence-corrected chi connectivity index (χ3v) is 1.00. The van der Waals surface area contributed by atoms with Gasteiger partial charge in [0.2, 0.25) is 0 Å². The van der Waals surface area contributed by atoms with Crippen LogP contribution in [0.15, 0.2) is 23.6 Å². The molecule has 0 unspecified atom stereocenters. The van der Waals surface area contributed by atoms with Gasteiger partial charge in [0.15, 0.2) is 11.7 Å². The second-order valence-corrected chi connectivity index (χ2v) is 2.23. The van der Waals surface area contributed by atoms with E-state index in [9.17, 15) is 35.1 Å². The van der Waals surface area contributed by atoms with Crippen LogP contribution in [0.25, 0.3) is 0 Å². The van der Waals surface area contributed by atoms with E-state index in [2.05, 4.69) is 0 Å². The minimum atomic E-state index is -3.32. The molecule has 16 heavy (non-hydrogen) atoms. The first kappa shape index (κ1) is 17.3. The Hall–Kier alpha value is -1.08. The summed E-state index contributed by atoms with van der Waals surface area (Å²) in [5, 5.41) is 0. The minimum absolute atomic E-state index is 0.199. The van der Waals surface area contributed by atoms with Crippen LogP contribution < -0.4 is 0 Å². The lowest BCUT2D eigenvalue weighted by Gasteiger charge is -1.91. The van der Waals surface area contributed by atoms with E-state index in [1.165, 1.54) is 0 Å². The summed E-state index contributed by atoms with van der Waals surface area (Å²) in [7, 11) is 0. The van der Waals surface area contributed by atoms with Gasteiger partial charge in [-0.3, -0.25) is 0 Å². The van der Waals surface area contributed by atoms with Crippen LogP contribution in [0.5, 0.6) is 0 Å². The molecule has 0 rings (SSSR count). The lowest BCUT2D eigenvalue weighted by Crippen LogP contribution is -1.90. The van der Waals surface area contributed by atoms with Crippen LogP contribution in [-0.2, 0) is 0 Å². The summed E-state index contributed by atoms with van der Waals surface area (Å²) in [4.78, 5) is 0. The molecule has 0 radical (unpaired) electrons. The standard InChI is InChI=1S/2C4H4F4/c1-2(5)3(6)4(7)8;5-2-1-3(6)4(7)8/h4H,1H3;1,4H,2H2. The molecule has 96 valence electrons. The molecule has 0 fully saturated rings. The summed E-state index contributed by atoms with van der Waals surface area (Å²) in [6, 6.07) is 0. The van der Waals surface area contributed by atoms with Crippen molar-refractivity contribution in [3.05, 3.63) is 23.6 Å². The maximum atomic E-state index is 11.4. The Morgan fingerprint density at radius 2 is 1.44 bits per heavy atom. The van der Waals surface area contributed by atoms with Crippen molar-refractivity contribution in [2.75, 3.05) is 6.67 Å². The van der Waals surface area contributed by atoms with Gasteiger partial charge >= 0.3 is 0 Å². The van der Waals surface area contributed by atoms with Crippen molar-refractivity contribution in [1.29, 1.82) is 0 Å². The molecule has 0 atom stereocenters. The fraction of sp³-hybridized carbons (Fsp3) is 0.500. The lowest BCUT2D eigenvalue weighted by molar-refractivity contribution is 0.153. The van der Waals surface area contributed by atoms with Crippen LogP contribution in [0.2, 0.25) is 0 Å². The summed E-state index contributed by atoms with van der Waals surface area (Å²) >= 11 is 0. The molecule has 0 bridgehead atoms. The smallest absolute Gasteiger partial charge is 0.246 e. The fourth-order valence-corrected chi connectivity index (χ4v) is 0.313. The van der Waals surface area contributed by atoms with Crippen molar-refractivity contribution >= 4 is 0 Å². The van der Waals surface area contributed by atoms with E-state index in [0.29, 0.717) is 6.92 Å². The van der Waals surface area contributed by atoms with Crippen molar-refractivity contribution in [1.82, 2.24) is 0 Å². The Labute approximate surface area is 86.2 Å². The van der Waals surface area contributed by atoms with Crippen molar-refractivity contribution in [3.8, 4) is 0 Å². The maximum absolute atomic E-state index is 11.4. The topological polar surface area (TPSA) is 0 Å². The average Bonchev–Trinajstić information content (AvgIpc) is 2.17. The molecule has 0 aromatic heterocycles. The normalized spacial score (nSPS) is 13.6. The largest absolute Gasteiger partial charge is 0.292 e. The molecule has 8 heteroatoms. The van der Waals surface area contributed by atoms with Gasteiger partial charge in [0.1, 0.15) is 12.5 Å². The van der Waals surface area contributed by atoms with Gasteiger partial charge in [-0.1, -0.05) is 0 Å². The predicted octanol–water partition coefficient (Wildman–Crippen LogP) is 4.50. The molecule has 0 aromatic rings. The first-order chi connectivity index (χ1) is 7.23. The van der Waals surface area contributed by atoms with Gasteiger partial charge in [0.05, 0.1) is 0 Å². The first-order valence-electron chi connectivity index (χ1n) is 3.73. The number of hydrogen-bond donors (Lipinski definition) is 0. The van der Waals surface area contributed by atoms with Gasteiger partial charge in [0, 0.05) is 0 Å². The van der Waals surface area contributed by atoms with Crippen molar-refractivity contribution < 1.29 is 35.1 Å². The van der Waals surface area contributed by atoms with Crippen molar-refractivity contribution in [2.45, 2.75) is 19.8 Å². The molecule has 0 saturated carbocycles. The van der Waals surface area contributed by atoms with Gasteiger partial charge in [0.25, 0.3) is 12.9 Å². The third-order valence-electron chi connectivity index (χ3n) is 1.00. The van der Waals surface area contributed by atoms with Gasteiger partial charge in [-0.15, -0.1) is 0 Å². The second-order valence-electron chi connectivity index (χ2n) is 2.23. The summed E-state index contributed by atoms with van der Waals surface area (Å²) in [6.07, 6.45) is -6.30. The highest BCUT2D eigenvalue weighted by molar-refractivity contribution is 4.98. The molecule has 0 aliphatic rings.